The molecule has 0 spiro atoms. The Morgan fingerprint density at radius 1 is 1.50 bits per heavy atom. The molecule has 0 aromatic carbocycles. The molecule has 58 valence electrons. The second-order valence-electron chi connectivity index (χ2n) is 3.58. The molecule has 1 fully saturated rings. The van der Waals surface area contributed by atoms with Crippen LogP contribution < -0.4 is 0 Å². The maximum absolute atomic E-state index is 8.76. The molecule has 0 heterocycles. The van der Waals surface area contributed by atoms with Gasteiger partial charge in [-0.25, -0.2) is 0 Å². The molecule has 1 aliphatic rings. The maximum Gasteiger partial charge on any atom is 0.107 e. The average molecular weight is 141 g/mol. The topological polar surface area (TPSA) is 20.2 Å². The molecule has 0 aromatic rings. The minimum Gasteiger partial charge on any atom is -0.396 e. The highest BCUT2D eigenvalue weighted by atomic mass is 16.3. The average Bonchev–Trinajstić information content (AvgIpc) is 1.89. The van der Waals surface area contributed by atoms with Gasteiger partial charge in [-0.1, -0.05) is 0 Å². The van der Waals surface area contributed by atoms with E-state index in [1.807, 2.05) is 0 Å². The summed E-state index contributed by atoms with van der Waals surface area (Å²) in [6.07, 6.45) is 8.54. The van der Waals surface area contributed by atoms with Gasteiger partial charge in [0.05, 0.1) is 12.8 Å². The summed E-state index contributed by atoms with van der Waals surface area (Å²) in [7, 11) is 0. The summed E-state index contributed by atoms with van der Waals surface area (Å²) in [4.78, 5) is 0. The summed E-state index contributed by atoms with van der Waals surface area (Å²) in [5, 5.41) is 8.76. The smallest absolute Gasteiger partial charge is 0.107 e. The van der Waals surface area contributed by atoms with Crippen molar-refractivity contribution in [2.24, 2.45) is 5.41 Å². The summed E-state index contributed by atoms with van der Waals surface area (Å²) in [6, 6.07) is 0. The van der Waals surface area contributed by atoms with Crippen LogP contribution in [0.4, 0.5) is 0 Å². The second-order valence-corrected chi connectivity index (χ2v) is 3.58. The minimum atomic E-state index is 0.340. The van der Waals surface area contributed by atoms with Crippen LogP contribution in [0, 0.1) is 11.8 Å². The molecule has 1 N–H and O–H groups in total. The van der Waals surface area contributed by atoms with Gasteiger partial charge in [-0.05, 0) is 26.2 Å². The molecule has 1 nitrogen and oxygen atoms in total. The first-order valence-corrected chi connectivity index (χ1v) is 4.22. The van der Waals surface area contributed by atoms with Crippen molar-refractivity contribution in [3.8, 4) is 0 Å². The summed E-state index contributed by atoms with van der Waals surface area (Å²) in [6.45, 7) is 2.59. The molecule has 0 aromatic heterocycles. The number of hydrogen-bond acceptors (Lipinski definition) is 1. The van der Waals surface area contributed by atoms with E-state index < -0.39 is 0 Å². The first-order valence-electron chi connectivity index (χ1n) is 4.22. The van der Waals surface area contributed by atoms with Crippen molar-refractivity contribution >= 4 is 0 Å². The molecule has 1 atom stereocenters. The van der Waals surface area contributed by atoms with Gasteiger partial charge in [0, 0.05) is 13.0 Å². The molecular weight excluding hydrogens is 124 g/mol. The maximum atomic E-state index is 8.76. The lowest BCUT2D eigenvalue weighted by molar-refractivity contribution is 0.192. The van der Waals surface area contributed by atoms with Crippen LogP contribution >= 0.6 is 0 Å². The van der Waals surface area contributed by atoms with E-state index in [9.17, 15) is 0 Å². The lowest BCUT2D eigenvalue weighted by Gasteiger charge is -2.24. The zero-order chi connectivity index (χ0) is 7.45. The highest BCUT2D eigenvalue weighted by Crippen LogP contribution is 2.37. The molecule has 1 unspecified atom stereocenters. The molecule has 1 saturated carbocycles. The Bertz CT molecular complexity index is 87.4. The Morgan fingerprint density at radius 3 is 2.80 bits per heavy atom. The van der Waals surface area contributed by atoms with Crippen molar-refractivity contribution in [3.05, 3.63) is 6.42 Å². The lowest BCUT2D eigenvalue weighted by Crippen LogP contribution is -2.21. The first kappa shape index (κ1) is 7.93. The van der Waals surface area contributed by atoms with Gasteiger partial charge in [0.1, 0.15) is 5.41 Å². The van der Waals surface area contributed by atoms with E-state index >= 15 is 0 Å². The minimum absolute atomic E-state index is 0.340. The van der Waals surface area contributed by atoms with Crippen molar-refractivity contribution in [3.63, 3.8) is 0 Å². The van der Waals surface area contributed by atoms with Crippen molar-refractivity contribution in [2.75, 3.05) is 6.61 Å². The number of rotatable bonds is 2. The molecule has 1 aliphatic carbocycles. The Morgan fingerprint density at radius 2 is 2.30 bits per heavy atom. The third kappa shape index (κ3) is 1.91. The zero-order valence-corrected chi connectivity index (χ0v) is 6.77. The van der Waals surface area contributed by atoms with Crippen LogP contribution in [0.2, 0.25) is 0 Å². The van der Waals surface area contributed by atoms with Crippen LogP contribution in [0.1, 0.15) is 39.0 Å². The van der Waals surface area contributed by atoms with Gasteiger partial charge in [0.2, 0.25) is 0 Å². The van der Waals surface area contributed by atoms with Gasteiger partial charge in [0.15, 0.2) is 0 Å². The summed E-state index contributed by atoms with van der Waals surface area (Å²) in [5.41, 5.74) is 0.354. The van der Waals surface area contributed by atoms with Gasteiger partial charge in [0.25, 0.3) is 0 Å². The van der Waals surface area contributed by atoms with E-state index in [0.29, 0.717) is 12.0 Å². The Labute approximate surface area is 63.4 Å². The number of aliphatic hydroxyl groups is 1. The summed E-state index contributed by atoms with van der Waals surface area (Å²) in [5.74, 6) is 0. The van der Waals surface area contributed by atoms with Gasteiger partial charge < -0.3 is 5.11 Å². The molecule has 0 aliphatic heterocycles. The third-order valence-electron chi connectivity index (χ3n) is 2.52. The fourth-order valence-electron chi connectivity index (χ4n) is 1.71. The van der Waals surface area contributed by atoms with Crippen LogP contribution in [-0.2, 0) is 0 Å². The Kier molecular flexibility index (Phi) is 2.61. The van der Waals surface area contributed by atoms with Gasteiger partial charge in [-0.2, -0.15) is 0 Å². The molecule has 0 amide bonds. The first-order chi connectivity index (χ1) is 4.77. The summed E-state index contributed by atoms with van der Waals surface area (Å²) < 4.78 is 0. The van der Waals surface area contributed by atoms with E-state index in [-0.39, 0.29) is 0 Å². The quantitative estimate of drug-likeness (QED) is 0.584. The van der Waals surface area contributed by atoms with Crippen LogP contribution in [0.3, 0.4) is 0 Å². The predicted octanol–water partition coefficient (Wildman–Crippen LogP) is 2.15. The van der Waals surface area contributed by atoms with Crippen molar-refractivity contribution in [1.29, 1.82) is 0 Å². The fourth-order valence-corrected chi connectivity index (χ4v) is 1.71. The predicted molar refractivity (Wildman–Crippen MR) is 42.6 cm³/mol. The highest BCUT2D eigenvalue weighted by molar-refractivity contribution is 4.91. The number of aliphatic hydroxyl groups excluding tert-OH is 1. The van der Waals surface area contributed by atoms with Crippen molar-refractivity contribution in [1.82, 2.24) is 0 Å². The molecular formula is C9H17O+. The van der Waals surface area contributed by atoms with Gasteiger partial charge in [-0.3, -0.25) is 0 Å². The fraction of sp³-hybridized carbons (Fsp3) is 0.889. The number of hydrogen-bond donors (Lipinski definition) is 1. The lowest BCUT2D eigenvalue weighted by atomic mass is 9.74. The van der Waals surface area contributed by atoms with Gasteiger partial charge >= 0.3 is 0 Å². The van der Waals surface area contributed by atoms with E-state index in [4.69, 9.17) is 5.11 Å². The largest absolute Gasteiger partial charge is 0.396 e. The molecule has 0 radical (unpaired) electrons. The zero-order valence-electron chi connectivity index (χ0n) is 6.77. The molecule has 1 rings (SSSR count). The molecule has 0 bridgehead atoms. The Hall–Kier alpha value is -0.170. The van der Waals surface area contributed by atoms with E-state index in [2.05, 4.69) is 13.3 Å². The normalized spacial score (nSPS) is 33.4. The monoisotopic (exact) mass is 141 g/mol. The summed E-state index contributed by atoms with van der Waals surface area (Å²) >= 11 is 0. The molecule has 0 saturated heterocycles. The van der Waals surface area contributed by atoms with Crippen LogP contribution in [-0.4, -0.2) is 11.7 Å². The molecule has 1 heteroatoms. The van der Waals surface area contributed by atoms with E-state index in [0.717, 1.165) is 6.42 Å². The second kappa shape index (κ2) is 3.29. The Balaban J connectivity index is 2.32. The van der Waals surface area contributed by atoms with E-state index in [1.54, 1.807) is 0 Å². The standard InChI is InChI=1S/C9H17O/c1-9(7-8-10)5-3-2-4-6-9/h5,10H,2-4,6-8H2,1H3/q+1. The van der Waals surface area contributed by atoms with Crippen LogP contribution in [0.5, 0.6) is 0 Å². The van der Waals surface area contributed by atoms with Crippen molar-refractivity contribution < 1.29 is 5.11 Å². The van der Waals surface area contributed by atoms with E-state index in [1.165, 1.54) is 25.7 Å². The van der Waals surface area contributed by atoms with Crippen molar-refractivity contribution in [2.45, 2.75) is 39.0 Å². The molecule has 10 heavy (non-hydrogen) atoms. The van der Waals surface area contributed by atoms with Gasteiger partial charge in [-0.15, -0.1) is 0 Å². The van der Waals surface area contributed by atoms with Crippen LogP contribution in [0.15, 0.2) is 0 Å². The third-order valence-corrected chi connectivity index (χ3v) is 2.52. The highest BCUT2D eigenvalue weighted by Gasteiger charge is 2.34. The SMILES string of the molecule is CC1(CCO)[CH+]CCCC1. The van der Waals surface area contributed by atoms with Crippen LogP contribution in [0.25, 0.3) is 0 Å².